The molecular weight excluding hydrogens is 754 g/mol. The molecule has 0 radical (unpaired) electrons. The molecule has 0 aliphatic carbocycles. The van der Waals surface area contributed by atoms with Gasteiger partial charge in [0, 0.05) is 27.6 Å². The first-order valence-electron chi connectivity index (χ1n) is 19.0. The summed E-state index contributed by atoms with van der Waals surface area (Å²) in [6.45, 7) is 0. The first-order chi connectivity index (χ1) is 28.8. The van der Waals surface area contributed by atoms with Gasteiger partial charge in [0.2, 0.25) is 17.2 Å². The molecule has 0 spiro atoms. The Morgan fingerprint density at radius 2 is 0.683 bits per heavy atom. The molecule has 0 saturated heterocycles. The van der Waals surface area contributed by atoms with Crippen molar-refractivity contribution >= 4 is 75.2 Å². The third-order valence-corrected chi connectivity index (χ3v) is 11.4. The summed E-state index contributed by atoms with van der Waals surface area (Å²) >= 11 is 0. The second kappa shape index (κ2) is 14.2. The molecule has 0 amide bonds. The van der Waals surface area contributed by atoms with Crippen LogP contribution in [0.15, 0.2) is 114 Å². The standard InChI is InChI=1S/C45H33B4N3O8/c46-30-25(26-31(47)32(48)27-28-35(54)38(57)39(58)40(59)42(28)60-41(27)37(26)56)34(53)36(55)29(33(30)49)45-51-43(23-9-5-2-6-10-23)50-44(52-45)24-17-15-22(16-18-24)21-13-11-20(12-14-21)19-7-3-1-4-8-19/h1-18,53-59H,46-49H2. The van der Waals surface area contributed by atoms with Gasteiger partial charge in [0.15, 0.2) is 51.6 Å². The van der Waals surface area contributed by atoms with E-state index in [1.165, 1.54) is 0 Å². The van der Waals surface area contributed by atoms with Crippen LogP contribution in [-0.2, 0) is 0 Å². The summed E-state index contributed by atoms with van der Waals surface area (Å²) < 4.78 is 5.82. The number of fused-ring (bicyclic) bond motifs is 3. The smallest absolute Gasteiger partial charge is 0.208 e. The van der Waals surface area contributed by atoms with Crippen LogP contribution in [0, 0.1) is 0 Å². The first kappa shape index (κ1) is 37.8. The van der Waals surface area contributed by atoms with E-state index in [1.54, 1.807) is 31.4 Å². The SMILES string of the molecule is Bc1c(B)c(-c2c(B)c(B)c3c(oc4c(O)c(O)c(O)c(O)c43)c2O)c(O)c(O)c1-c1nc(-c2ccccc2)nc(-c2ccc(-c3ccc(-c4ccccc4)cc3)cc2)n1. The zero-order valence-electron chi connectivity index (χ0n) is 32.8. The third-order valence-electron chi connectivity index (χ3n) is 11.4. The topological polar surface area (TPSA) is 193 Å². The maximum atomic E-state index is 11.9. The van der Waals surface area contributed by atoms with Gasteiger partial charge in [-0.25, -0.2) is 15.0 Å². The van der Waals surface area contributed by atoms with Gasteiger partial charge in [-0.3, -0.25) is 0 Å². The van der Waals surface area contributed by atoms with Crippen LogP contribution in [-0.4, -0.2) is 82.1 Å². The number of aromatic hydroxyl groups is 7. The summed E-state index contributed by atoms with van der Waals surface area (Å²) in [6, 6.07) is 35.7. The fourth-order valence-electron chi connectivity index (χ4n) is 7.95. The van der Waals surface area contributed by atoms with E-state index >= 15 is 0 Å². The maximum absolute atomic E-state index is 11.9. The minimum Gasteiger partial charge on any atom is -0.504 e. The highest BCUT2D eigenvalue weighted by Crippen LogP contribution is 2.53. The monoisotopic (exact) mass is 787 g/mol. The van der Waals surface area contributed by atoms with E-state index in [0.717, 1.165) is 22.3 Å². The Hall–Kier alpha value is -7.79. The van der Waals surface area contributed by atoms with E-state index < -0.39 is 40.2 Å². The number of rotatable bonds is 6. The van der Waals surface area contributed by atoms with Crippen molar-refractivity contribution in [1.82, 2.24) is 15.0 Å². The Labute approximate surface area is 346 Å². The number of hydrogen-bond donors (Lipinski definition) is 7. The van der Waals surface area contributed by atoms with Gasteiger partial charge in [-0.15, -0.1) is 0 Å². The largest absolute Gasteiger partial charge is 0.504 e. The van der Waals surface area contributed by atoms with Crippen LogP contribution in [0.3, 0.4) is 0 Å². The van der Waals surface area contributed by atoms with E-state index in [1.807, 2.05) is 72.8 Å². The summed E-state index contributed by atoms with van der Waals surface area (Å²) in [7, 11) is 6.82. The molecule has 0 aliphatic heterocycles. The van der Waals surface area contributed by atoms with Crippen molar-refractivity contribution in [3.8, 4) is 108 Å². The molecular formula is C45H33B4N3O8. The fourth-order valence-corrected chi connectivity index (χ4v) is 7.95. The summed E-state index contributed by atoms with van der Waals surface area (Å²) in [5.41, 5.74) is 7.38. The molecule has 0 fully saturated rings. The van der Waals surface area contributed by atoms with Gasteiger partial charge in [-0.1, -0.05) is 131 Å². The lowest BCUT2D eigenvalue weighted by molar-refractivity contribution is 0.348. The average molecular weight is 787 g/mol. The lowest BCUT2D eigenvalue weighted by Gasteiger charge is -2.21. The lowest BCUT2D eigenvalue weighted by atomic mass is 9.68. The molecule has 288 valence electrons. The zero-order valence-corrected chi connectivity index (χ0v) is 32.8. The Morgan fingerprint density at radius 3 is 1.23 bits per heavy atom. The van der Waals surface area contributed by atoms with Crippen molar-refractivity contribution < 1.29 is 40.2 Å². The molecule has 0 saturated carbocycles. The molecule has 2 aromatic heterocycles. The average Bonchev–Trinajstić information content (AvgIpc) is 3.70. The van der Waals surface area contributed by atoms with E-state index in [0.29, 0.717) is 44.6 Å². The molecule has 9 rings (SSSR count). The van der Waals surface area contributed by atoms with E-state index in [4.69, 9.17) is 19.4 Å². The molecule has 0 unspecified atom stereocenters. The van der Waals surface area contributed by atoms with Crippen LogP contribution in [0.4, 0.5) is 0 Å². The van der Waals surface area contributed by atoms with Crippen LogP contribution in [0.25, 0.3) is 89.5 Å². The van der Waals surface area contributed by atoms with Crippen LogP contribution in [0.1, 0.15) is 0 Å². The quantitative estimate of drug-likeness (QED) is 0.0745. The van der Waals surface area contributed by atoms with Gasteiger partial charge < -0.3 is 40.2 Å². The molecule has 2 heterocycles. The third kappa shape index (κ3) is 5.85. The summed E-state index contributed by atoms with van der Waals surface area (Å²) in [5, 5.41) is 77.5. The first-order valence-corrected chi connectivity index (χ1v) is 19.0. The van der Waals surface area contributed by atoms with Crippen molar-refractivity contribution in [3.63, 3.8) is 0 Å². The van der Waals surface area contributed by atoms with Crippen LogP contribution in [0.2, 0.25) is 0 Å². The van der Waals surface area contributed by atoms with Crippen molar-refractivity contribution in [3.05, 3.63) is 109 Å². The number of aromatic nitrogens is 3. The molecule has 7 N–H and O–H groups in total. The number of phenols is 7. The van der Waals surface area contributed by atoms with Gasteiger partial charge in [-0.05, 0) is 22.3 Å². The normalized spacial score (nSPS) is 11.4. The van der Waals surface area contributed by atoms with Gasteiger partial charge >= 0.3 is 0 Å². The summed E-state index contributed by atoms with van der Waals surface area (Å²) in [5.74, 6) is -4.30. The van der Waals surface area contributed by atoms with Gasteiger partial charge in [0.25, 0.3) is 0 Å². The lowest BCUT2D eigenvalue weighted by Crippen LogP contribution is -2.34. The number of hydrogen-bond acceptors (Lipinski definition) is 11. The van der Waals surface area contributed by atoms with Crippen molar-refractivity contribution in [2.45, 2.75) is 0 Å². The second-order valence-electron chi connectivity index (χ2n) is 14.8. The van der Waals surface area contributed by atoms with Gasteiger partial charge in [0.05, 0.1) is 10.9 Å². The zero-order chi connectivity index (χ0) is 42.1. The fraction of sp³-hybridized carbons (Fsp3) is 0. The van der Waals surface area contributed by atoms with Crippen LogP contribution >= 0.6 is 0 Å². The molecule has 7 aromatic carbocycles. The Balaban J connectivity index is 1.17. The predicted molar refractivity (Wildman–Crippen MR) is 244 cm³/mol. The Morgan fingerprint density at radius 1 is 0.317 bits per heavy atom. The number of benzene rings is 7. The van der Waals surface area contributed by atoms with Gasteiger partial charge in [-0.2, -0.15) is 0 Å². The van der Waals surface area contributed by atoms with E-state index in [2.05, 4.69) is 36.4 Å². The number of phenolic OH excluding ortho intramolecular Hbond substituents is 7. The molecule has 0 bridgehead atoms. The number of furan rings is 1. The molecule has 0 atom stereocenters. The highest BCUT2D eigenvalue weighted by molar-refractivity contribution is 6.59. The Kier molecular flexibility index (Phi) is 8.96. The Bertz CT molecular complexity index is 3170. The van der Waals surface area contributed by atoms with Crippen LogP contribution < -0.4 is 21.9 Å². The van der Waals surface area contributed by atoms with E-state index in [-0.39, 0.29) is 44.5 Å². The predicted octanol–water partition coefficient (Wildman–Crippen LogP) is 2.75. The second-order valence-corrected chi connectivity index (χ2v) is 14.8. The van der Waals surface area contributed by atoms with Crippen LogP contribution in [0.5, 0.6) is 40.2 Å². The van der Waals surface area contributed by atoms with E-state index in [9.17, 15) is 35.7 Å². The molecule has 11 nitrogen and oxygen atoms in total. The summed E-state index contributed by atoms with van der Waals surface area (Å²) in [6.07, 6.45) is 0. The highest BCUT2D eigenvalue weighted by Gasteiger charge is 2.31. The minimum atomic E-state index is -0.989. The molecule has 60 heavy (non-hydrogen) atoms. The van der Waals surface area contributed by atoms with Crippen molar-refractivity contribution in [2.75, 3.05) is 0 Å². The molecule has 9 aromatic rings. The summed E-state index contributed by atoms with van der Waals surface area (Å²) in [4.78, 5) is 14.5. The van der Waals surface area contributed by atoms with Gasteiger partial charge in [0.1, 0.15) is 31.4 Å². The maximum Gasteiger partial charge on any atom is 0.208 e. The molecule has 15 heteroatoms. The number of nitrogens with zero attached hydrogens (tertiary/aromatic N) is 3. The molecule has 0 aliphatic rings. The van der Waals surface area contributed by atoms with Crippen molar-refractivity contribution in [2.24, 2.45) is 0 Å². The highest BCUT2D eigenvalue weighted by atomic mass is 16.4. The van der Waals surface area contributed by atoms with Crippen molar-refractivity contribution in [1.29, 1.82) is 0 Å². The minimum absolute atomic E-state index is 0.0956.